The first-order chi connectivity index (χ1) is 17.0. The lowest BCUT2D eigenvalue weighted by Crippen LogP contribution is -2.49. The van der Waals surface area contributed by atoms with Crippen LogP contribution in [-0.4, -0.2) is 40.0 Å². The molecule has 0 radical (unpaired) electrons. The summed E-state index contributed by atoms with van der Waals surface area (Å²) in [4.78, 5) is 42.5. The van der Waals surface area contributed by atoms with Crippen LogP contribution in [0.2, 0.25) is 0 Å². The standard InChI is InChI=1S/C26H34N4O6/c1-5-6-11-23(31)29(24(17(2)3)26(32)35-18(4)36-30(33)34)16-19-12-14-20(15-13-19)21-9-7-8-10-22(21)25(27)28/h7-10,12-15,17-18,24H,5-6,11,16H2,1-4H3,(H3,27,28)/t18?,24-/m0/s1. The molecule has 1 amide bonds. The Morgan fingerprint density at radius 3 is 2.31 bits per heavy atom. The highest BCUT2D eigenvalue weighted by Gasteiger charge is 2.34. The van der Waals surface area contributed by atoms with Crippen LogP contribution in [0.25, 0.3) is 11.1 Å². The van der Waals surface area contributed by atoms with Gasteiger partial charge in [0.1, 0.15) is 11.9 Å². The van der Waals surface area contributed by atoms with Gasteiger partial charge < -0.3 is 15.4 Å². The quantitative estimate of drug-likeness (QED) is 0.105. The van der Waals surface area contributed by atoms with E-state index in [1.165, 1.54) is 11.8 Å². The molecule has 2 rings (SSSR count). The number of nitrogens with zero attached hydrogens (tertiary/aromatic N) is 2. The number of unbranched alkanes of at least 4 members (excludes halogenated alkanes) is 1. The topological polar surface area (TPSA) is 149 Å². The molecule has 2 atom stereocenters. The second kappa shape index (κ2) is 13.2. The van der Waals surface area contributed by atoms with Gasteiger partial charge in [-0.05, 0) is 36.0 Å². The fourth-order valence-corrected chi connectivity index (χ4v) is 3.90. The van der Waals surface area contributed by atoms with E-state index in [0.717, 1.165) is 23.1 Å². The predicted octanol–water partition coefficient (Wildman–Crippen LogP) is 4.28. The Kier molecular flexibility index (Phi) is 10.4. The number of nitrogen functional groups attached to an aromatic ring is 1. The molecule has 0 spiro atoms. The largest absolute Gasteiger partial charge is 0.434 e. The average molecular weight is 499 g/mol. The Morgan fingerprint density at radius 2 is 1.75 bits per heavy atom. The molecule has 2 aromatic rings. The molecular formula is C26H34N4O6. The maximum Gasteiger partial charge on any atom is 0.331 e. The molecule has 0 saturated carbocycles. The van der Waals surface area contributed by atoms with Crippen molar-refractivity contribution >= 4 is 17.7 Å². The Morgan fingerprint density at radius 1 is 1.11 bits per heavy atom. The van der Waals surface area contributed by atoms with Crippen molar-refractivity contribution in [3.8, 4) is 11.1 Å². The van der Waals surface area contributed by atoms with Gasteiger partial charge >= 0.3 is 5.97 Å². The molecule has 10 heteroatoms. The molecule has 0 saturated heterocycles. The van der Waals surface area contributed by atoms with E-state index in [-0.39, 0.29) is 30.6 Å². The number of rotatable bonds is 13. The van der Waals surface area contributed by atoms with E-state index in [0.29, 0.717) is 12.0 Å². The highest BCUT2D eigenvalue weighted by atomic mass is 17.0. The first kappa shape index (κ1) is 28.3. The van der Waals surface area contributed by atoms with E-state index in [2.05, 4.69) is 4.84 Å². The lowest BCUT2D eigenvalue weighted by atomic mass is 9.97. The number of hydrogen-bond acceptors (Lipinski definition) is 7. The second-order valence-electron chi connectivity index (χ2n) is 8.80. The summed E-state index contributed by atoms with van der Waals surface area (Å²) < 4.78 is 5.14. The van der Waals surface area contributed by atoms with E-state index >= 15 is 0 Å². The van der Waals surface area contributed by atoms with Crippen LogP contribution in [0.1, 0.15) is 58.1 Å². The zero-order valence-electron chi connectivity index (χ0n) is 21.1. The Balaban J connectivity index is 2.34. The normalized spacial score (nSPS) is 12.5. The zero-order chi connectivity index (χ0) is 26.8. The van der Waals surface area contributed by atoms with Crippen LogP contribution < -0.4 is 5.73 Å². The molecule has 0 heterocycles. The maximum atomic E-state index is 13.2. The average Bonchev–Trinajstić information content (AvgIpc) is 2.81. The number of hydrogen-bond donors (Lipinski definition) is 2. The highest BCUT2D eigenvalue weighted by molar-refractivity contribution is 6.01. The minimum absolute atomic E-state index is 0.0315. The van der Waals surface area contributed by atoms with Gasteiger partial charge in [-0.25, -0.2) is 4.79 Å². The van der Waals surface area contributed by atoms with Crippen molar-refractivity contribution in [2.24, 2.45) is 11.7 Å². The third-order valence-electron chi connectivity index (χ3n) is 5.63. The summed E-state index contributed by atoms with van der Waals surface area (Å²) >= 11 is 0. The summed E-state index contributed by atoms with van der Waals surface area (Å²) in [6.07, 6.45) is 0.338. The smallest absolute Gasteiger partial charge is 0.331 e. The number of amides is 1. The molecule has 0 aliphatic carbocycles. The maximum absolute atomic E-state index is 13.2. The van der Waals surface area contributed by atoms with E-state index in [4.69, 9.17) is 15.9 Å². The Labute approximate surface area is 211 Å². The summed E-state index contributed by atoms with van der Waals surface area (Å²) in [6.45, 7) is 6.94. The van der Waals surface area contributed by atoms with Crippen LogP contribution in [0, 0.1) is 21.4 Å². The first-order valence-corrected chi connectivity index (χ1v) is 11.9. The SMILES string of the molecule is CCCCC(=O)N(Cc1ccc(-c2ccccc2C(=N)N)cc1)[C@H](C(=O)OC(C)O[N+](=O)[O-])C(C)C. The van der Waals surface area contributed by atoms with Crippen LogP contribution in [0.3, 0.4) is 0 Å². The summed E-state index contributed by atoms with van der Waals surface area (Å²) in [5.74, 6) is -1.32. The number of ether oxygens (including phenoxy) is 1. The first-order valence-electron chi connectivity index (χ1n) is 11.9. The fraction of sp³-hybridized carbons (Fsp3) is 0.423. The van der Waals surface area contributed by atoms with Gasteiger partial charge in [0.25, 0.3) is 5.09 Å². The number of carbonyl (C=O) groups is 2. The van der Waals surface area contributed by atoms with Gasteiger partial charge in [-0.15, -0.1) is 10.1 Å². The number of amidine groups is 1. The minimum atomic E-state index is -1.40. The molecule has 2 aromatic carbocycles. The number of nitrogens with two attached hydrogens (primary N) is 1. The van der Waals surface area contributed by atoms with E-state index in [1.807, 2.05) is 49.4 Å². The van der Waals surface area contributed by atoms with Crippen LogP contribution in [-0.2, 0) is 25.7 Å². The zero-order valence-corrected chi connectivity index (χ0v) is 21.1. The van der Waals surface area contributed by atoms with E-state index < -0.39 is 23.4 Å². The van der Waals surface area contributed by atoms with Gasteiger partial charge in [-0.1, -0.05) is 75.7 Å². The van der Waals surface area contributed by atoms with Gasteiger partial charge in [0, 0.05) is 18.5 Å². The van der Waals surface area contributed by atoms with Crippen molar-refractivity contribution in [2.75, 3.05) is 0 Å². The Bertz CT molecular complexity index is 1070. The lowest BCUT2D eigenvalue weighted by Gasteiger charge is -2.33. The summed E-state index contributed by atoms with van der Waals surface area (Å²) in [5.41, 5.74) is 8.81. The molecule has 36 heavy (non-hydrogen) atoms. The van der Waals surface area contributed by atoms with Crippen LogP contribution in [0.4, 0.5) is 0 Å². The molecule has 0 fully saturated rings. The van der Waals surface area contributed by atoms with Gasteiger partial charge in [-0.3, -0.25) is 15.0 Å². The van der Waals surface area contributed by atoms with Crippen LogP contribution in [0.5, 0.6) is 0 Å². The molecule has 10 nitrogen and oxygen atoms in total. The molecule has 0 bridgehead atoms. The summed E-state index contributed by atoms with van der Waals surface area (Å²) in [7, 11) is 0. The number of esters is 1. The summed E-state index contributed by atoms with van der Waals surface area (Å²) in [6, 6.07) is 13.9. The third-order valence-corrected chi connectivity index (χ3v) is 5.63. The van der Waals surface area contributed by atoms with Crippen molar-refractivity contribution in [1.82, 2.24) is 4.90 Å². The lowest BCUT2D eigenvalue weighted by molar-refractivity contribution is -0.777. The van der Waals surface area contributed by atoms with Gasteiger partial charge in [0.15, 0.2) is 0 Å². The molecule has 0 aliphatic heterocycles. The van der Waals surface area contributed by atoms with Gasteiger partial charge in [0.2, 0.25) is 12.2 Å². The van der Waals surface area contributed by atoms with Crippen molar-refractivity contribution < 1.29 is 24.3 Å². The predicted molar refractivity (Wildman–Crippen MR) is 135 cm³/mol. The number of nitrogens with one attached hydrogen (secondary N) is 1. The Hall–Kier alpha value is -3.95. The van der Waals surface area contributed by atoms with Gasteiger partial charge in [0.05, 0.1) is 0 Å². The fourth-order valence-electron chi connectivity index (χ4n) is 3.90. The van der Waals surface area contributed by atoms with Crippen LogP contribution in [0.15, 0.2) is 48.5 Å². The highest BCUT2D eigenvalue weighted by Crippen LogP contribution is 2.25. The second-order valence-corrected chi connectivity index (χ2v) is 8.80. The van der Waals surface area contributed by atoms with Gasteiger partial charge in [-0.2, -0.15) is 0 Å². The van der Waals surface area contributed by atoms with Crippen molar-refractivity contribution in [3.05, 3.63) is 69.8 Å². The van der Waals surface area contributed by atoms with Crippen molar-refractivity contribution in [3.63, 3.8) is 0 Å². The molecule has 0 aliphatic rings. The van der Waals surface area contributed by atoms with Crippen LogP contribution >= 0.6 is 0 Å². The summed E-state index contributed by atoms with van der Waals surface area (Å²) in [5, 5.41) is 17.4. The third kappa shape index (κ3) is 7.79. The number of carbonyl (C=O) groups excluding carboxylic acids is 2. The van der Waals surface area contributed by atoms with E-state index in [9.17, 15) is 19.7 Å². The van der Waals surface area contributed by atoms with Crippen molar-refractivity contribution in [1.29, 1.82) is 5.41 Å². The molecule has 194 valence electrons. The minimum Gasteiger partial charge on any atom is -0.434 e. The molecular weight excluding hydrogens is 464 g/mol. The molecule has 3 N–H and O–H groups in total. The number of benzene rings is 2. The monoisotopic (exact) mass is 498 g/mol. The van der Waals surface area contributed by atoms with E-state index in [1.54, 1.807) is 19.9 Å². The van der Waals surface area contributed by atoms with Crippen molar-refractivity contribution in [2.45, 2.75) is 65.8 Å². The molecule has 1 unspecified atom stereocenters. The molecule has 0 aromatic heterocycles.